The maximum atomic E-state index is 13.4. The minimum absolute atomic E-state index is 0.112. The Morgan fingerprint density at radius 1 is 1.03 bits per heavy atom. The molecule has 204 valence electrons. The van der Waals surface area contributed by atoms with E-state index in [1.807, 2.05) is 37.3 Å². The maximum Gasteiger partial charge on any atom is 0.416 e. The Bertz CT molecular complexity index is 1190. The van der Waals surface area contributed by atoms with Gasteiger partial charge in [-0.25, -0.2) is 4.79 Å². The molecule has 2 heterocycles. The molecule has 0 bridgehead atoms. The molecule has 0 radical (unpaired) electrons. The molecular formula is C28H32F3N3O4. The van der Waals surface area contributed by atoms with Crippen molar-refractivity contribution in [2.45, 2.75) is 65.1 Å². The molecule has 0 unspecified atom stereocenters. The summed E-state index contributed by atoms with van der Waals surface area (Å²) in [6.07, 6.45) is -4.73. The third-order valence-corrected chi connectivity index (χ3v) is 7.09. The Morgan fingerprint density at radius 2 is 1.74 bits per heavy atom. The zero-order valence-corrected chi connectivity index (χ0v) is 21.7. The van der Waals surface area contributed by atoms with E-state index in [1.54, 1.807) is 18.7 Å². The second kappa shape index (κ2) is 11.0. The highest BCUT2D eigenvalue weighted by molar-refractivity contribution is 5.91. The average molecular weight is 532 g/mol. The highest BCUT2D eigenvalue weighted by atomic mass is 19.4. The van der Waals surface area contributed by atoms with Gasteiger partial charge < -0.3 is 14.5 Å². The zero-order valence-electron chi connectivity index (χ0n) is 21.7. The molecule has 0 N–H and O–H groups in total. The molecule has 2 aromatic rings. The number of fused-ring (bicyclic) bond motifs is 1. The number of aryl methyl sites for hydroxylation is 1. The van der Waals surface area contributed by atoms with Gasteiger partial charge >= 0.3 is 12.3 Å². The number of carbonyl (C=O) groups excluding carboxylic acids is 3. The van der Waals surface area contributed by atoms with Crippen LogP contribution in [0.4, 0.5) is 18.0 Å². The molecule has 7 nitrogen and oxygen atoms in total. The van der Waals surface area contributed by atoms with E-state index < -0.39 is 36.0 Å². The van der Waals surface area contributed by atoms with Crippen molar-refractivity contribution >= 4 is 17.9 Å². The van der Waals surface area contributed by atoms with Crippen LogP contribution in [-0.4, -0.2) is 57.9 Å². The van der Waals surface area contributed by atoms with E-state index in [-0.39, 0.29) is 37.1 Å². The molecule has 2 aromatic carbocycles. The zero-order chi connectivity index (χ0) is 27.6. The number of alkyl halides is 3. The summed E-state index contributed by atoms with van der Waals surface area (Å²) in [6, 6.07) is 12.2. The van der Waals surface area contributed by atoms with E-state index in [4.69, 9.17) is 4.74 Å². The molecule has 3 atom stereocenters. The number of halogens is 3. The van der Waals surface area contributed by atoms with Gasteiger partial charge in [-0.1, -0.05) is 55.3 Å². The van der Waals surface area contributed by atoms with Crippen LogP contribution in [0.3, 0.4) is 0 Å². The van der Waals surface area contributed by atoms with Gasteiger partial charge in [0.1, 0.15) is 18.8 Å². The Balaban J connectivity index is 1.57. The number of piperazine rings is 1. The fourth-order valence-electron chi connectivity index (χ4n) is 5.29. The second-order valence-electron chi connectivity index (χ2n) is 10.0. The molecule has 0 saturated carbocycles. The summed E-state index contributed by atoms with van der Waals surface area (Å²) in [5, 5.41) is 0. The van der Waals surface area contributed by atoms with E-state index in [1.165, 1.54) is 15.9 Å². The number of benzene rings is 2. The van der Waals surface area contributed by atoms with E-state index in [0.717, 1.165) is 17.7 Å². The topological polar surface area (TPSA) is 70.2 Å². The summed E-state index contributed by atoms with van der Waals surface area (Å²) in [6.45, 7) is 5.35. The first-order valence-corrected chi connectivity index (χ1v) is 12.8. The van der Waals surface area contributed by atoms with Crippen LogP contribution in [0, 0.1) is 12.8 Å². The second-order valence-corrected chi connectivity index (χ2v) is 10.0. The fraction of sp³-hybridized carbons (Fsp3) is 0.464. The highest BCUT2D eigenvalue weighted by Gasteiger charge is 2.50. The van der Waals surface area contributed by atoms with E-state index in [0.29, 0.717) is 24.9 Å². The standard InChI is InChI=1S/C28H32F3N3O4/c1-4-8-22-15-33(27(37)38-17-21-11-18(2)12-23(13-21)28(29,30)31)24-16-32(14-20-9-6-5-7-10-20)25(35)19(3)34(24)26(22)36/h5-7,9-13,19,22,24H,4,8,14-17H2,1-3H3/t19-,22+,24+/m0/s1. The Labute approximate surface area is 220 Å². The van der Waals surface area contributed by atoms with Crippen LogP contribution in [0.5, 0.6) is 0 Å². The Hall–Kier alpha value is -3.56. The first-order chi connectivity index (χ1) is 18.0. The number of rotatable bonds is 6. The summed E-state index contributed by atoms with van der Waals surface area (Å²) >= 11 is 0. The first-order valence-electron chi connectivity index (χ1n) is 12.8. The summed E-state index contributed by atoms with van der Waals surface area (Å²) in [5.41, 5.74) is 0.734. The fourth-order valence-corrected chi connectivity index (χ4v) is 5.29. The molecule has 2 saturated heterocycles. The third-order valence-electron chi connectivity index (χ3n) is 7.09. The monoisotopic (exact) mass is 531 g/mol. The van der Waals surface area contributed by atoms with Crippen LogP contribution < -0.4 is 0 Å². The van der Waals surface area contributed by atoms with Crippen molar-refractivity contribution in [2.75, 3.05) is 13.1 Å². The van der Waals surface area contributed by atoms with Gasteiger partial charge in [0.15, 0.2) is 0 Å². The summed E-state index contributed by atoms with van der Waals surface area (Å²) < 4.78 is 45.2. The van der Waals surface area contributed by atoms with Crippen molar-refractivity contribution < 1.29 is 32.3 Å². The van der Waals surface area contributed by atoms with Crippen molar-refractivity contribution in [1.29, 1.82) is 0 Å². The SMILES string of the molecule is CCC[C@@H]1CN(C(=O)OCc2cc(C)cc(C(F)(F)F)c2)[C@H]2CN(Cc3ccccc3)C(=O)[C@H](C)N2C1=O. The molecule has 0 aliphatic carbocycles. The normalized spacial score (nSPS) is 21.9. The predicted octanol–water partition coefficient (Wildman–Crippen LogP) is 4.97. The lowest BCUT2D eigenvalue weighted by Crippen LogP contribution is -2.72. The van der Waals surface area contributed by atoms with Gasteiger partial charge in [0, 0.05) is 13.1 Å². The van der Waals surface area contributed by atoms with Crippen molar-refractivity contribution in [3.8, 4) is 0 Å². The molecule has 38 heavy (non-hydrogen) atoms. The Morgan fingerprint density at radius 3 is 2.39 bits per heavy atom. The average Bonchev–Trinajstić information content (AvgIpc) is 2.87. The third kappa shape index (κ3) is 5.79. The summed E-state index contributed by atoms with van der Waals surface area (Å²) in [4.78, 5) is 44.5. The van der Waals surface area contributed by atoms with E-state index in [9.17, 15) is 27.6 Å². The molecule has 3 amide bonds. The van der Waals surface area contributed by atoms with Crippen molar-refractivity contribution in [2.24, 2.45) is 5.92 Å². The van der Waals surface area contributed by atoms with Gasteiger partial charge in [-0.05, 0) is 43.5 Å². The number of hydrogen-bond acceptors (Lipinski definition) is 4. The van der Waals surface area contributed by atoms with Crippen LogP contribution in [0.2, 0.25) is 0 Å². The Kier molecular flexibility index (Phi) is 7.99. The maximum absolute atomic E-state index is 13.4. The van der Waals surface area contributed by atoms with Crippen LogP contribution in [0.15, 0.2) is 48.5 Å². The molecule has 2 aliphatic rings. The minimum atomic E-state index is -4.52. The number of carbonyl (C=O) groups is 3. The molecule has 2 fully saturated rings. The number of nitrogens with zero attached hydrogens (tertiary/aromatic N) is 3. The van der Waals surface area contributed by atoms with Gasteiger partial charge in [0.2, 0.25) is 11.8 Å². The van der Waals surface area contributed by atoms with Crippen LogP contribution in [0.25, 0.3) is 0 Å². The molecule has 0 aromatic heterocycles. The van der Waals surface area contributed by atoms with E-state index >= 15 is 0 Å². The summed E-state index contributed by atoms with van der Waals surface area (Å²) in [5.74, 6) is -0.867. The van der Waals surface area contributed by atoms with Crippen LogP contribution >= 0.6 is 0 Å². The lowest BCUT2D eigenvalue weighted by molar-refractivity contribution is -0.172. The quantitative estimate of drug-likeness (QED) is 0.528. The van der Waals surface area contributed by atoms with Gasteiger partial charge in [0.05, 0.1) is 18.0 Å². The first kappa shape index (κ1) is 27.5. The van der Waals surface area contributed by atoms with Gasteiger partial charge in [-0.3, -0.25) is 14.5 Å². The summed E-state index contributed by atoms with van der Waals surface area (Å²) in [7, 11) is 0. The molecule has 4 rings (SSSR count). The highest BCUT2D eigenvalue weighted by Crippen LogP contribution is 2.32. The number of ether oxygens (including phenoxy) is 1. The van der Waals surface area contributed by atoms with Crippen molar-refractivity contribution in [1.82, 2.24) is 14.7 Å². The largest absolute Gasteiger partial charge is 0.444 e. The molecule has 0 spiro atoms. The van der Waals surface area contributed by atoms with Crippen molar-refractivity contribution in [3.63, 3.8) is 0 Å². The molecular weight excluding hydrogens is 499 g/mol. The van der Waals surface area contributed by atoms with Crippen molar-refractivity contribution in [3.05, 3.63) is 70.8 Å². The number of amides is 3. The predicted molar refractivity (Wildman–Crippen MR) is 133 cm³/mol. The van der Waals surface area contributed by atoms with Crippen LogP contribution in [-0.2, 0) is 33.7 Å². The minimum Gasteiger partial charge on any atom is -0.444 e. The molecule has 10 heteroatoms. The van der Waals surface area contributed by atoms with Gasteiger partial charge in [0.25, 0.3) is 0 Å². The van der Waals surface area contributed by atoms with Gasteiger partial charge in [-0.2, -0.15) is 13.2 Å². The lowest BCUT2D eigenvalue weighted by atomic mass is 9.94. The molecule has 2 aliphatic heterocycles. The van der Waals surface area contributed by atoms with Crippen LogP contribution in [0.1, 0.15) is 48.9 Å². The smallest absolute Gasteiger partial charge is 0.416 e. The van der Waals surface area contributed by atoms with E-state index in [2.05, 4.69) is 0 Å². The lowest BCUT2D eigenvalue weighted by Gasteiger charge is -2.53. The number of hydrogen-bond donors (Lipinski definition) is 0. The van der Waals surface area contributed by atoms with Gasteiger partial charge in [-0.15, -0.1) is 0 Å².